The molecule has 0 aliphatic heterocycles. The van der Waals surface area contributed by atoms with E-state index in [1.165, 1.54) is 18.4 Å². The Kier molecular flexibility index (Phi) is 4.54. The van der Waals surface area contributed by atoms with Crippen molar-refractivity contribution in [2.45, 2.75) is 26.2 Å². The van der Waals surface area contributed by atoms with E-state index in [1.807, 2.05) is 0 Å². The van der Waals surface area contributed by atoms with Crippen molar-refractivity contribution in [3.63, 3.8) is 0 Å². The minimum absolute atomic E-state index is 0.349. The van der Waals surface area contributed by atoms with Crippen LogP contribution in [0, 0.1) is 0 Å². The molecule has 0 radical (unpaired) electrons. The van der Waals surface area contributed by atoms with Crippen molar-refractivity contribution in [1.82, 2.24) is 4.98 Å². The van der Waals surface area contributed by atoms with Crippen molar-refractivity contribution in [1.29, 1.82) is 0 Å². The van der Waals surface area contributed by atoms with E-state index in [4.69, 9.17) is 0 Å². The summed E-state index contributed by atoms with van der Waals surface area (Å²) in [6, 6.07) is 0. The van der Waals surface area contributed by atoms with Crippen molar-refractivity contribution >= 4 is 33.2 Å². The van der Waals surface area contributed by atoms with Crippen molar-refractivity contribution in [3.05, 3.63) is 14.5 Å². The largest absolute Gasteiger partial charge is 0.464 e. The number of aromatic nitrogens is 1. The van der Waals surface area contributed by atoms with Crippen LogP contribution in [0.3, 0.4) is 0 Å². The molecule has 0 saturated carbocycles. The Hall–Kier alpha value is -0.420. The van der Waals surface area contributed by atoms with Crippen LogP contribution in [0.25, 0.3) is 0 Å². The van der Waals surface area contributed by atoms with E-state index in [0.29, 0.717) is 5.69 Å². The van der Waals surface area contributed by atoms with E-state index in [1.54, 1.807) is 0 Å². The summed E-state index contributed by atoms with van der Waals surface area (Å²) in [7, 11) is 1.37. The van der Waals surface area contributed by atoms with E-state index < -0.39 is 0 Å². The topological polar surface area (TPSA) is 39.2 Å². The maximum absolute atomic E-state index is 11.3. The van der Waals surface area contributed by atoms with E-state index in [2.05, 4.69) is 32.6 Å². The van der Waals surface area contributed by atoms with Crippen LogP contribution in [0.2, 0.25) is 0 Å². The predicted octanol–water partition coefficient (Wildman–Crippen LogP) is 3.03. The lowest BCUT2D eigenvalue weighted by molar-refractivity contribution is 0.0593. The van der Waals surface area contributed by atoms with Gasteiger partial charge in [-0.3, -0.25) is 0 Å². The standard InChI is InChI=1S/C9H12BrNO2S/c1-3-4-5-6-7(8(12)13-2)11-9(10)14-6/h3-5H2,1-2H3. The van der Waals surface area contributed by atoms with Crippen LogP contribution < -0.4 is 0 Å². The number of hydrogen-bond donors (Lipinski definition) is 0. The summed E-state index contributed by atoms with van der Waals surface area (Å²) in [6.45, 7) is 2.12. The SMILES string of the molecule is CCCCc1sc(Br)nc1C(=O)OC. The van der Waals surface area contributed by atoms with Crippen LogP contribution in [-0.4, -0.2) is 18.1 Å². The van der Waals surface area contributed by atoms with Crippen molar-refractivity contribution < 1.29 is 9.53 Å². The first-order chi connectivity index (χ1) is 6.69. The highest BCUT2D eigenvalue weighted by Gasteiger charge is 2.16. The third kappa shape index (κ3) is 2.78. The van der Waals surface area contributed by atoms with Crippen molar-refractivity contribution in [2.24, 2.45) is 0 Å². The molecular weight excluding hydrogens is 266 g/mol. The van der Waals surface area contributed by atoms with Crippen LogP contribution in [0.15, 0.2) is 3.92 Å². The van der Waals surface area contributed by atoms with Gasteiger partial charge in [-0.2, -0.15) is 0 Å². The van der Waals surface area contributed by atoms with Gasteiger partial charge in [0.2, 0.25) is 0 Å². The Morgan fingerprint density at radius 2 is 2.36 bits per heavy atom. The molecule has 0 saturated heterocycles. The summed E-state index contributed by atoms with van der Waals surface area (Å²) >= 11 is 4.77. The van der Waals surface area contributed by atoms with Gasteiger partial charge in [-0.05, 0) is 28.8 Å². The van der Waals surface area contributed by atoms with Crippen LogP contribution in [0.4, 0.5) is 0 Å². The molecule has 0 aliphatic carbocycles. The van der Waals surface area contributed by atoms with Crippen LogP contribution in [-0.2, 0) is 11.2 Å². The quantitative estimate of drug-likeness (QED) is 0.795. The summed E-state index contributed by atoms with van der Waals surface area (Å²) in [5.41, 5.74) is 0.456. The average Bonchev–Trinajstić information content (AvgIpc) is 2.55. The van der Waals surface area contributed by atoms with Gasteiger partial charge in [-0.1, -0.05) is 13.3 Å². The minimum atomic E-state index is -0.349. The number of rotatable bonds is 4. The average molecular weight is 278 g/mol. The molecule has 0 atom stereocenters. The lowest BCUT2D eigenvalue weighted by Gasteiger charge is -1.98. The molecule has 3 nitrogen and oxygen atoms in total. The molecule has 14 heavy (non-hydrogen) atoms. The highest BCUT2D eigenvalue weighted by Crippen LogP contribution is 2.25. The van der Waals surface area contributed by atoms with Crippen LogP contribution in [0.1, 0.15) is 35.1 Å². The zero-order valence-corrected chi connectivity index (χ0v) is 10.6. The molecule has 1 aromatic heterocycles. The molecule has 5 heteroatoms. The number of ether oxygens (including phenoxy) is 1. The Morgan fingerprint density at radius 1 is 1.64 bits per heavy atom. The van der Waals surface area contributed by atoms with Gasteiger partial charge in [0.05, 0.1) is 7.11 Å². The Bertz CT molecular complexity index is 325. The molecule has 1 aromatic rings. The number of aryl methyl sites for hydroxylation is 1. The monoisotopic (exact) mass is 277 g/mol. The molecule has 0 aromatic carbocycles. The molecule has 1 rings (SSSR count). The summed E-state index contributed by atoms with van der Waals surface area (Å²) in [5, 5.41) is 0. The van der Waals surface area contributed by atoms with Gasteiger partial charge in [0, 0.05) is 4.88 Å². The van der Waals surface area contributed by atoms with Gasteiger partial charge < -0.3 is 4.74 Å². The fraction of sp³-hybridized carbons (Fsp3) is 0.556. The number of unbranched alkanes of at least 4 members (excludes halogenated alkanes) is 1. The second-order valence-electron chi connectivity index (χ2n) is 2.83. The lowest BCUT2D eigenvalue weighted by atomic mass is 10.2. The molecule has 0 amide bonds. The minimum Gasteiger partial charge on any atom is -0.464 e. The van der Waals surface area contributed by atoms with E-state index in [-0.39, 0.29) is 5.97 Å². The number of esters is 1. The number of thiazole rings is 1. The number of methoxy groups -OCH3 is 1. The maximum atomic E-state index is 11.3. The second kappa shape index (κ2) is 5.46. The summed E-state index contributed by atoms with van der Waals surface area (Å²) in [5.74, 6) is -0.349. The van der Waals surface area contributed by atoms with Gasteiger partial charge in [-0.15, -0.1) is 11.3 Å². The van der Waals surface area contributed by atoms with Gasteiger partial charge in [-0.25, -0.2) is 9.78 Å². The van der Waals surface area contributed by atoms with E-state index in [9.17, 15) is 4.79 Å². The normalized spacial score (nSPS) is 10.2. The first-order valence-corrected chi connectivity index (χ1v) is 6.03. The van der Waals surface area contributed by atoms with Crippen LogP contribution >= 0.6 is 27.3 Å². The van der Waals surface area contributed by atoms with Crippen molar-refractivity contribution in [3.8, 4) is 0 Å². The zero-order valence-electron chi connectivity index (χ0n) is 8.17. The first-order valence-electron chi connectivity index (χ1n) is 4.42. The number of hydrogen-bond acceptors (Lipinski definition) is 4. The molecule has 0 bridgehead atoms. The Morgan fingerprint density at radius 3 is 2.93 bits per heavy atom. The number of halogens is 1. The smallest absolute Gasteiger partial charge is 0.357 e. The Balaban J connectivity index is 2.85. The fourth-order valence-electron chi connectivity index (χ4n) is 1.09. The molecule has 0 N–H and O–H groups in total. The summed E-state index contributed by atoms with van der Waals surface area (Å²) in [4.78, 5) is 16.4. The number of carbonyl (C=O) groups excluding carboxylic acids is 1. The Labute approximate surface area is 95.6 Å². The molecule has 0 fully saturated rings. The van der Waals surface area contributed by atoms with E-state index in [0.717, 1.165) is 28.1 Å². The highest BCUT2D eigenvalue weighted by molar-refractivity contribution is 9.11. The first kappa shape index (κ1) is 11.7. The zero-order chi connectivity index (χ0) is 10.6. The summed E-state index contributed by atoms with van der Waals surface area (Å²) < 4.78 is 5.39. The molecule has 0 unspecified atom stereocenters. The van der Waals surface area contributed by atoms with Crippen molar-refractivity contribution in [2.75, 3.05) is 7.11 Å². The van der Waals surface area contributed by atoms with Gasteiger partial charge in [0.15, 0.2) is 9.61 Å². The van der Waals surface area contributed by atoms with Gasteiger partial charge in [0.1, 0.15) is 0 Å². The second-order valence-corrected chi connectivity index (χ2v) is 5.19. The number of nitrogens with zero attached hydrogens (tertiary/aromatic N) is 1. The fourth-order valence-corrected chi connectivity index (χ4v) is 2.66. The molecular formula is C9H12BrNO2S. The highest BCUT2D eigenvalue weighted by atomic mass is 79.9. The number of carbonyl (C=O) groups is 1. The predicted molar refractivity (Wildman–Crippen MR) is 59.8 cm³/mol. The molecule has 1 heterocycles. The van der Waals surface area contributed by atoms with Gasteiger partial charge >= 0.3 is 5.97 Å². The lowest BCUT2D eigenvalue weighted by Crippen LogP contribution is -2.04. The molecule has 0 aliphatic rings. The van der Waals surface area contributed by atoms with E-state index >= 15 is 0 Å². The van der Waals surface area contributed by atoms with Gasteiger partial charge in [0.25, 0.3) is 0 Å². The third-order valence-corrected chi connectivity index (χ3v) is 3.37. The molecule has 78 valence electrons. The molecule has 0 spiro atoms. The summed E-state index contributed by atoms with van der Waals surface area (Å²) in [6.07, 6.45) is 3.07. The van der Waals surface area contributed by atoms with Crippen LogP contribution in [0.5, 0.6) is 0 Å². The maximum Gasteiger partial charge on any atom is 0.357 e. The third-order valence-electron chi connectivity index (χ3n) is 1.81.